The summed E-state index contributed by atoms with van der Waals surface area (Å²) in [6.45, 7) is 7.39. The van der Waals surface area contributed by atoms with Crippen molar-refractivity contribution >= 4 is 23.7 Å². The van der Waals surface area contributed by atoms with Crippen LogP contribution in [0, 0.1) is 23.2 Å². The van der Waals surface area contributed by atoms with E-state index in [2.05, 4.69) is 6.92 Å². The highest BCUT2D eigenvalue weighted by Crippen LogP contribution is 2.52. The quantitative estimate of drug-likeness (QED) is 0.142. The molecule has 0 aromatic carbocycles. The largest absolute Gasteiger partial charge is 0.481 e. The third-order valence-corrected chi connectivity index (χ3v) is 6.80. The minimum Gasteiger partial charge on any atom is -0.481 e. The number of carboxylic acid groups (broad SMARTS) is 2. The summed E-state index contributed by atoms with van der Waals surface area (Å²) in [4.78, 5) is 49.5. The average Bonchev–Trinajstić information content (AvgIpc) is 3.03. The number of ether oxygens (including phenoxy) is 1. The molecule has 0 heterocycles. The molecule has 8 nitrogen and oxygen atoms in total. The molecule has 3 unspecified atom stereocenters. The summed E-state index contributed by atoms with van der Waals surface area (Å²) in [6.07, 6.45) is 7.20. The van der Waals surface area contributed by atoms with Gasteiger partial charge in [-0.05, 0) is 45.4 Å². The number of ketones is 1. The van der Waals surface area contributed by atoms with Gasteiger partial charge in [0.25, 0.3) is 0 Å². The molecule has 33 heavy (non-hydrogen) atoms. The normalized spacial score (nSPS) is 25.7. The zero-order valence-electron chi connectivity index (χ0n) is 20.3. The van der Waals surface area contributed by atoms with Crippen LogP contribution in [0.5, 0.6) is 0 Å². The van der Waals surface area contributed by atoms with Crippen LogP contribution < -0.4 is 0 Å². The number of carbonyl (C=O) groups excluding carboxylic acids is 2. The van der Waals surface area contributed by atoms with Crippen LogP contribution in [0.2, 0.25) is 0 Å². The molecule has 0 amide bonds. The molecule has 0 aromatic heterocycles. The molecule has 1 aliphatic carbocycles. The molecule has 0 saturated heterocycles. The Bertz CT molecular complexity index is 726. The molecule has 0 spiro atoms. The molecule has 1 fully saturated rings. The number of rotatable bonds is 15. The van der Waals surface area contributed by atoms with Crippen molar-refractivity contribution in [2.24, 2.45) is 23.2 Å². The van der Waals surface area contributed by atoms with E-state index in [4.69, 9.17) is 4.74 Å². The van der Waals surface area contributed by atoms with Gasteiger partial charge in [0.05, 0.1) is 12.2 Å². The van der Waals surface area contributed by atoms with Gasteiger partial charge in [0.2, 0.25) is 0 Å². The maximum atomic E-state index is 13.3. The lowest BCUT2D eigenvalue weighted by Gasteiger charge is -2.36. The van der Waals surface area contributed by atoms with Crippen LogP contribution in [0.15, 0.2) is 12.2 Å². The predicted molar refractivity (Wildman–Crippen MR) is 122 cm³/mol. The van der Waals surface area contributed by atoms with Crippen molar-refractivity contribution < 1.29 is 39.2 Å². The zero-order chi connectivity index (χ0) is 25.2. The first kappa shape index (κ1) is 28.8. The smallest absolute Gasteiger partial charge is 0.318 e. The number of carboxylic acids is 2. The Hall–Kier alpha value is -2.22. The topological polar surface area (TPSA) is 138 Å². The molecule has 1 rings (SSSR count). The first-order chi connectivity index (χ1) is 15.5. The van der Waals surface area contributed by atoms with E-state index < -0.39 is 52.5 Å². The van der Waals surface area contributed by atoms with Gasteiger partial charge in [-0.2, -0.15) is 0 Å². The van der Waals surface area contributed by atoms with Crippen molar-refractivity contribution in [2.75, 3.05) is 6.61 Å². The zero-order valence-corrected chi connectivity index (χ0v) is 20.3. The fraction of sp³-hybridized carbons (Fsp3) is 0.760. The van der Waals surface area contributed by atoms with Crippen molar-refractivity contribution in [1.29, 1.82) is 0 Å². The van der Waals surface area contributed by atoms with Gasteiger partial charge in [0.15, 0.2) is 5.78 Å². The summed E-state index contributed by atoms with van der Waals surface area (Å²) in [7, 11) is 0. The van der Waals surface area contributed by atoms with E-state index in [1.165, 1.54) is 12.2 Å². The Labute approximate surface area is 196 Å². The van der Waals surface area contributed by atoms with Crippen molar-refractivity contribution in [3.8, 4) is 0 Å². The molecule has 1 aliphatic rings. The second kappa shape index (κ2) is 12.9. The highest BCUT2D eigenvalue weighted by molar-refractivity contribution is 6.13. The third kappa shape index (κ3) is 7.13. The molecule has 8 heteroatoms. The number of unbranched alkanes of at least 4 members (excludes halogenated alkanes) is 2. The summed E-state index contributed by atoms with van der Waals surface area (Å²) >= 11 is 0. The van der Waals surface area contributed by atoms with Crippen LogP contribution in [-0.4, -0.2) is 51.2 Å². The predicted octanol–water partition coefficient (Wildman–Crippen LogP) is 3.99. The Morgan fingerprint density at radius 2 is 1.85 bits per heavy atom. The highest BCUT2D eigenvalue weighted by atomic mass is 16.5. The van der Waals surface area contributed by atoms with Gasteiger partial charge < -0.3 is 20.1 Å². The first-order valence-corrected chi connectivity index (χ1v) is 12.1. The van der Waals surface area contributed by atoms with Crippen molar-refractivity contribution in [1.82, 2.24) is 0 Å². The molecule has 1 saturated carbocycles. The maximum absolute atomic E-state index is 13.3. The molecule has 0 radical (unpaired) electrons. The fourth-order valence-corrected chi connectivity index (χ4v) is 5.02. The summed E-state index contributed by atoms with van der Waals surface area (Å²) in [5.74, 6) is -6.81. The van der Waals surface area contributed by atoms with Crippen LogP contribution in [0.25, 0.3) is 0 Å². The van der Waals surface area contributed by atoms with E-state index in [-0.39, 0.29) is 25.9 Å². The van der Waals surface area contributed by atoms with Gasteiger partial charge >= 0.3 is 17.9 Å². The minimum atomic E-state index is -1.91. The number of aliphatic carboxylic acids is 2. The molecule has 0 aromatic rings. The van der Waals surface area contributed by atoms with E-state index in [9.17, 15) is 34.5 Å². The number of hydrogen-bond donors (Lipinski definition) is 3. The van der Waals surface area contributed by atoms with Crippen molar-refractivity contribution in [3.63, 3.8) is 0 Å². The summed E-state index contributed by atoms with van der Waals surface area (Å²) < 4.78 is 4.92. The van der Waals surface area contributed by atoms with Crippen LogP contribution in [0.4, 0.5) is 0 Å². The molecule has 188 valence electrons. The summed E-state index contributed by atoms with van der Waals surface area (Å²) in [5.41, 5.74) is -3.10. The molecule has 0 bridgehead atoms. The minimum absolute atomic E-state index is 0.100. The van der Waals surface area contributed by atoms with Gasteiger partial charge in [0, 0.05) is 12.3 Å². The molecule has 0 aliphatic heterocycles. The second-order valence-electron chi connectivity index (χ2n) is 9.25. The number of hydrogen-bond acceptors (Lipinski definition) is 6. The number of Topliss-reactive ketones (excluding diaryl/α,β-unsaturated/α-hetero) is 1. The molecule has 5 atom stereocenters. The number of aliphatic hydroxyl groups is 1. The van der Waals surface area contributed by atoms with Gasteiger partial charge in [-0.1, -0.05) is 51.7 Å². The molecular formula is C25H40O8. The van der Waals surface area contributed by atoms with Gasteiger partial charge in [0.1, 0.15) is 11.3 Å². The van der Waals surface area contributed by atoms with E-state index >= 15 is 0 Å². The Morgan fingerprint density at radius 1 is 1.18 bits per heavy atom. The average molecular weight is 469 g/mol. The Morgan fingerprint density at radius 3 is 2.36 bits per heavy atom. The SMILES string of the molecule is CCCCCC(C)(O)C=C[C@H]1C[C@H](C(=O)O)C(=O)C1(C(=O)O)C(CC)CCCC(=O)OCC. The van der Waals surface area contributed by atoms with Crippen LogP contribution >= 0.6 is 0 Å². The van der Waals surface area contributed by atoms with Crippen LogP contribution in [0.3, 0.4) is 0 Å². The van der Waals surface area contributed by atoms with Gasteiger partial charge in [-0.25, -0.2) is 0 Å². The van der Waals surface area contributed by atoms with E-state index in [0.29, 0.717) is 19.3 Å². The van der Waals surface area contributed by atoms with Crippen LogP contribution in [-0.2, 0) is 23.9 Å². The monoisotopic (exact) mass is 468 g/mol. The van der Waals surface area contributed by atoms with E-state index in [1.807, 2.05) is 0 Å². The molecular weight excluding hydrogens is 428 g/mol. The number of carbonyl (C=O) groups is 4. The van der Waals surface area contributed by atoms with Gasteiger partial charge in [-0.3, -0.25) is 19.2 Å². The Kier molecular flexibility index (Phi) is 11.2. The van der Waals surface area contributed by atoms with Crippen molar-refractivity contribution in [3.05, 3.63) is 12.2 Å². The maximum Gasteiger partial charge on any atom is 0.318 e. The van der Waals surface area contributed by atoms with E-state index in [0.717, 1.165) is 19.3 Å². The highest BCUT2D eigenvalue weighted by Gasteiger charge is 2.64. The lowest BCUT2D eigenvalue weighted by molar-refractivity contribution is -0.161. The standard InChI is InChI=1S/C25H40O8/c1-5-8-9-14-24(4,32)15-13-18-16-19(22(28)29)21(27)25(18,23(30)31)17(6-2)11-10-12-20(26)33-7-3/h13,15,17-19,32H,5-12,14,16H2,1-4H3,(H,28,29)(H,30,31)/t17?,18-,19-,24?,25?/m0/s1. The second-order valence-corrected chi connectivity index (χ2v) is 9.25. The third-order valence-electron chi connectivity index (χ3n) is 6.80. The lowest BCUT2D eigenvalue weighted by atomic mass is 9.64. The first-order valence-electron chi connectivity index (χ1n) is 12.1. The van der Waals surface area contributed by atoms with Gasteiger partial charge in [-0.15, -0.1) is 0 Å². The van der Waals surface area contributed by atoms with Crippen molar-refractivity contribution in [2.45, 2.75) is 91.1 Å². The summed E-state index contributed by atoms with van der Waals surface area (Å²) in [5, 5.41) is 30.6. The Balaban J connectivity index is 3.28. The number of allylic oxidation sites excluding steroid dienone is 1. The fourth-order valence-electron chi connectivity index (χ4n) is 5.02. The summed E-state index contributed by atoms with van der Waals surface area (Å²) in [6, 6.07) is 0. The molecule has 3 N–H and O–H groups in total. The lowest BCUT2D eigenvalue weighted by Crippen LogP contribution is -2.48. The number of esters is 1. The van der Waals surface area contributed by atoms with E-state index in [1.54, 1.807) is 20.8 Å². The van der Waals surface area contributed by atoms with Crippen LogP contribution in [0.1, 0.15) is 85.5 Å².